The van der Waals surface area contributed by atoms with Gasteiger partial charge in [-0.25, -0.2) is 4.79 Å². The summed E-state index contributed by atoms with van der Waals surface area (Å²) in [5, 5.41) is 14.8. The molecule has 0 bridgehead atoms. The number of likely N-dealkylation sites (tertiary alicyclic amines) is 1. The number of nitrogens with zero attached hydrogens (tertiary/aromatic N) is 1. The lowest BCUT2D eigenvalue weighted by Gasteiger charge is -2.31. The summed E-state index contributed by atoms with van der Waals surface area (Å²) in [6.45, 7) is 8.57. The number of aliphatic carboxylic acids is 1. The average Bonchev–Trinajstić information content (AvgIpc) is 3.25. The maximum absolute atomic E-state index is 13.4. The van der Waals surface area contributed by atoms with Crippen molar-refractivity contribution in [3.63, 3.8) is 0 Å². The lowest BCUT2D eigenvalue weighted by molar-refractivity contribution is -0.145. The molecule has 5 unspecified atom stereocenters. The number of unbranched alkanes of at least 4 members (excludes halogenated alkanes) is 1. The molecule has 1 heterocycles. The summed E-state index contributed by atoms with van der Waals surface area (Å²) in [6.07, 6.45) is 3.76. The van der Waals surface area contributed by atoms with Crippen LogP contribution in [0.3, 0.4) is 0 Å². The Hall–Kier alpha value is -2.20. The molecule has 1 rings (SSSR count). The average molecular weight is 470 g/mol. The lowest BCUT2D eigenvalue weighted by Crippen LogP contribution is -2.57. The number of carbonyl (C=O) groups excluding carboxylic acids is 3. The molecule has 1 aliphatic rings. The van der Waals surface area contributed by atoms with Crippen LogP contribution in [-0.4, -0.2) is 71.0 Å². The van der Waals surface area contributed by atoms with E-state index in [1.54, 1.807) is 0 Å². The van der Waals surface area contributed by atoms with E-state index in [9.17, 15) is 24.3 Å². The first-order valence-corrected chi connectivity index (χ1v) is 12.1. The monoisotopic (exact) mass is 469 g/mol. The summed E-state index contributed by atoms with van der Waals surface area (Å²) in [5.74, 6) is -2.20. The van der Waals surface area contributed by atoms with E-state index in [1.807, 2.05) is 27.7 Å². The van der Waals surface area contributed by atoms with Gasteiger partial charge in [-0.15, -0.1) is 0 Å². The molecule has 3 amide bonds. The van der Waals surface area contributed by atoms with Gasteiger partial charge in [0.25, 0.3) is 0 Å². The molecule has 0 spiro atoms. The van der Waals surface area contributed by atoms with Gasteiger partial charge in [-0.3, -0.25) is 14.4 Å². The summed E-state index contributed by atoms with van der Waals surface area (Å²) >= 11 is 0. The van der Waals surface area contributed by atoms with Crippen molar-refractivity contribution in [2.75, 3.05) is 13.1 Å². The van der Waals surface area contributed by atoms with Crippen LogP contribution in [0.2, 0.25) is 0 Å². The van der Waals surface area contributed by atoms with Crippen LogP contribution in [0.25, 0.3) is 0 Å². The number of carbonyl (C=O) groups is 4. The minimum absolute atomic E-state index is 0.0302. The third-order valence-corrected chi connectivity index (χ3v) is 6.28. The normalized spacial score (nSPS) is 19.6. The van der Waals surface area contributed by atoms with Crippen molar-refractivity contribution < 1.29 is 24.3 Å². The maximum Gasteiger partial charge on any atom is 0.326 e. The van der Waals surface area contributed by atoms with Crippen LogP contribution in [0.15, 0.2) is 0 Å². The highest BCUT2D eigenvalue weighted by molar-refractivity contribution is 5.94. The highest BCUT2D eigenvalue weighted by Crippen LogP contribution is 2.21. The first-order valence-electron chi connectivity index (χ1n) is 12.1. The quantitative estimate of drug-likeness (QED) is 0.232. The molecular formula is C23H43N5O5. The standard InChI is InChI=1S/C23H43N5O5/c1-5-15(4)19(25)21(30)27-17(13-14(2)3)22(31)28-12-8-10-18(28)20(29)26-16(23(32)33)9-6-7-11-24/h14-19H,5-13,24-25H2,1-4H3,(H,26,29)(H,27,30)(H,32,33). The topological polar surface area (TPSA) is 168 Å². The molecule has 33 heavy (non-hydrogen) atoms. The van der Waals surface area contributed by atoms with Crippen LogP contribution >= 0.6 is 0 Å². The molecule has 0 aromatic heterocycles. The van der Waals surface area contributed by atoms with Crippen molar-refractivity contribution in [3.8, 4) is 0 Å². The van der Waals surface area contributed by atoms with E-state index in [1.165, 1.54) is 4.90 Å². The van der Waals surface area contributed by atoms with Gasteiger partial charge < -0.3 is 32.1 Å². The number of nitrogens with one attached hydrogen (secondary N) is 2. The summed E-state index contributed by atoms with van der Waals surface area (Å²) in [6, 6.07) is -3.30. The molecule has 1 saturated heterocycles. The Morgan fingerprint density at radius 1 is 1.09 bits per heavy atom. The van der Waals surface area contributed by atoms with Crippen LogP contribution in [0.1, 0.15) is 72.6 Å². The second-order valence-electron chi connectivity index (χ2n) is 9.48. The molecule has 0 aliphatic carbocycles. The minimum atomic E-state index is -1.11. The second-order valence-corrected chi connectivity index (χ2v) is 9.48. The Balaban J connectivity index is 2.92. The number of carboxylic acid groups (broad SMARTS) is 1. The fourth-order valence-corrected chi connectivity index (χ4v) is 3.99. The van der Waals surface area contributed by atoms with E-state index in [2.05, 4.69) is 10.6 Å². The van der Waals surface area contributed by atoms with Crippen molar-refractivity contribution in [2.24, 2.45) is 23.3 Å². The van der Waals surface area contributed by atoms with E-state index in [4.69, 9.17) is 11.5 Å². The van der Waals surface area contributed by atoms with Crippen molar-refractivity contribution in [2.45, 2.75) is 96.8 Å². The largest absolute Gasteiger partial charge is 0.480 e. The summed E-state index contributed by atoms with van der Waals surface area (Å²) in [4.78, 5) is 52.0. The number of hydrogen-bond acceptors (Lipinski definition) is 6. The van der Waals surface area contributed by atoms with E-state index >= 15 is 0 Å². The molecule has 10 heteroatoms. The van der Waals surface area contributed by atoms with Gasteiger partial charge >= 0.3 is 5.97 Å². The summed E-state index contributed by atoms with van der Waals surface area (Å²) in [5.41, 5.74) is 11.5. The molecular weight excluding hydrogens is 426 g/mol. The van der Waals surface area contributed by atoms with Crippen LogP contribution in [0.5, 0.6) is 0 Å². The SMILES string of the molecule is CCC(C)C(N)C(=O)NC(CC(C)C)C(=O)N1CCCC1C(=O)NC(CCCCN)C(=O)O. The van der Waals surface area contributed by atoms with E-state index in [0.717, 1.165) is 6.42 Å². The molecule has 1 fully saturated rings. The Labute approximate surface area is 197 Å². The number of carboxylic acids is 1. The Bertz CT molecular complexity index is 672. The fourth-order valence-electron chi connectivity index (χ4n) is 3.99. The van der Waals surface area contributed by atoms with Gasteiger partial charge in [-0.1, -0.05) is 34.1 Å². The molecule has 0 aromatic rings. The molecule has 10 nitrogen and oxygen atoms in total. The molecule has 0 radical (unpaired) electrons. The van der Waals surface area contributed by atoms with Crippen LogP contribution in [0, 0.1) is 11.8 Å². The Kier molecular flexibility index (Phi) is 12.4. The van der Waals surface area contributed by atoms with Gasteiger partial charge in [-0.05, 0) is 56.9 Å². The zero-order valence-electron chi connectivity index (χ0n) is 20.5. The fraction of sp³-hybridized carbons (Fsp3) is 0.826. The number of rotatable bonds is 14. The Morgan fingerprint density at radius 2 is 1.76 bits per heavy atom. The first-order chi connectivity index (χ1) is 15.5. The maximum atomic E-state index is 13.4. The van der Waals surface area contributed by atoms with E-state index in [0.29, 0.717) is 45.2 Å². The minimum Gasteiger partial charge on any atom is -0.480 e. The molecule has 0 saturated carbocycles. The molecule has 5 atom stereocenters. The van der Waals surface area contributed by atoms with Crippen molar-refractivity contribution in [1.82, 2.24) is 15.5 Å². The van der Waals surface area contributed by atoms with Gasteiger partial charge in [0.15, 0.2) is 0 Å². The smallest absolute Gasteiger partial charge is 0.326 e. The molecule has 190 valence electrons. The van der Waals surface area contributed by atoms with Gasteiger partial charge in [0.2, 0.25) is 17.7 Å². The third-order valence-electron chi connectivity index (χ3n) is 6.28. The van der Waals surface area contributed by atoms with Crippen molar-refractivity contribution in [1.29, 1.82) is 0 Å². The van der Waals surface area contributed by atoms with Gasteiger partial charge in [0.1, 0.15) is 18.1 Å². The zero-order valence-corrected chi connectivity index (χ0v) is 20.5. The number of hydrogen-bond donors (Lipinski definition) is 5. The van der Waals surface area contributed by atoms with E-state index in [-0.39, 0.29) is 30.1 Å². The number of nitrogens with two attached hydrogens (primary N) is 2. The van der Waals surface area contributed by atoms with Gasteiger partial charge in [0.05, 0.1) is 6.04 Å². The second kappa shape index (κ2) is 14.1. The highest BCUT2D eigenvalue weighted by Gasteiger charge is 2.39. The number of amides is 3. The van der Waals surface area contributed by atoms with Crippen LogP contribution < -0.4 is 22.1 Å². The predicted molar refractivity (Wildman–Crippen MR) is 126 cm³/mol. The van der Waals surface area contributed by atoms with Crippen molar-refractivity contribution >= 4 is 23.7 Å². The molecule has 0 aromatic carbocycles. The third kappa shape index (κ3) is 8.92. The zero-order chi connectivity index (χ0) is 25.1. The lowest BCUT2D eigenvalue weighted by atomic mass is 9.97. The van der Waals surface area contributed by atoms with Crippen molar-refractivity contribution in [3.05, 3.63) is 0 Å². The van der Waals surface area contributed by atoms with Gasteiger partial charge in [0, 0.05) is 6.54 Å². The Morgan fingerprint density at radius 3 is 2.30 bits per heavy atom. The first kappa shape index (κ1) is 28.8. The summed E-state index contributed by atoms with van der Waals surface area (Å²) < 4.78 is 0. The molecule has 1 aliphatic heterocycles. The highest BCUT2D eigenvalue weighted by atomic mass is 16.4. The summed E-state index contributed by atoms with van der Waals surface area (Å²) in [7, 11) is 0. The molecule has 7 N–H and O–H groups in total. The van der Waals surface area contributed by atoms with Crippen LogP contribution in [-0.2, 0) is 19.2 Å². The van der Waals surface area contributed by atoms with E-state index < -0.39 is 36.0 Å². The predicted octanol–water partition coefficient (Wildman–Crippen LogP) is 0.580. The van der Waals surface area contributed by atoms with Crippen LogP contribution in [0.4, 0.5) is 0 Å². The van der Waals surface area contributed by atoms with Gasteiger partial charge in [-0.2, -0.15) is 0 Å².